The second kappa shape index (κ2) is 8.80. The standard InChI is InChI=1S/C29H46NO5Si.HI/c1-18(2)36(19(3)4,20(5)6)35-22-10-9-21-17-23-28(31)11-12-29(32-15-16-33-29)26-27(28,13-14-30(23,7)8)24(21)25(22)34-26;/h9-10,18-20,23,26,31H,11-17H2,1-8H3;1H/q+1;/p-1/t23?,26?,27?,28-;/m1./s1. The van der Waals surface area contributed by atoms with Gasteiger partial charge in [0, 0.05) is 24.8 Å². The van der Waals surface area contributed by atoms with Gasteiger partial charge in [0.2, 0.25) is 5.79 Å². The van der Waals surface area contributed by atoms with Crippen molar-refractivity contribution in [2.45, 2.75) is 113 Å². The summed E-state index contributed by atoms with van der Waals surface area (Å²) >= 11 is 0. The van der Waals surface area contributed by atoms with Crippen LogP contribution in [0.4, 0.5) is 0 Å². The molecule has 1 saturated carbocycles. The third-order valence-electron chi connectivity index (χ3n) is 11.0. The molecule has 4 atom stereocenters. The third-order valence-corrected chi connectivity index (χ3v) is 17.0. The molecule has 3 heterocycles. The Morgan fingerprint density at radius 3 is 2.19 bits per heavy atom. The van der Waals surface area contributed by atoms with Gasteiger partial charge in [-0.3, -0.25) is 0 Å². The molecule has 5 aliphatic rings. The first kappa shape index (κ1) is 28.1. The van der Waals surface area contributed by atoms with Crippen molar-refractivity contribution in [2.24, 2.45) is 0 Å². The minimum Gasteiger partial charge on any atom is -1.00 e. The Kier molecular flexibility index (Phi) is 6.70. The molecule has 2 spiro atoms. The molecule has 208 valence electrons. The van der Waals surface area contributed by atoms with Gasteiger partial charge in [0.1, 0.15) is 17.4 Å². The van der Waals surface area contributed by atoms with Crippen molar-refractivity contribution >= 4 is 8.32 Å². The molecule has 6 rings (SSSR count). The van der Waals surface area contributed by atoms with Crippen LogP contribution in [-0.4, -0.2) is 75.3 Å². The number of aliphatic hydroxyl groups is 1. The van der Waals surface area contributed by atoms with Crippen molar-refractivity contribution in [3.8, 4) is 11.5 Å². The van der Waals surface area contributed by atoms with Crippen molar-refractivity contribution in [2.75, 3.05) is 33.9 Å². The number of fused-ring (bicyclic) bond motifs is 1. The van der Waals surface area contributed by atoms with Gasteiger partial charge in [0.25, 0.3) is 8.32 Å². The molecule has 2 aliphatic carbocycles. The van der Waals surface area contributed by atoms with Crippen LogP contribution in [0, 0.1) is 0 Å². The smallest absolute Gasteiger partial charge is 0.258 e. The molecule has 37 heavy (non-hydrogen) atoms. The maximum atomic E-state index is 12.7. The lowest BCUT2D eigenvalue weighted by Gasteiger charge is -2.65. The van der Waals surface area contributed by atoms with Crippen molar-refractivity contribution in [3.63, 3.8) is 0 Å². The average Bonchev–Trinajstić information content (AvgIpc) is 3.41. The molecular formula is C29H46INO5Si. The summed E-state index contributed by atoms with van der Waals surface area (Å²) in [7, 11) is 2.36. The van der Waals surface area contributed by atoms with Crippen molar-refractivity contribution in [1.82, 2.24) is 0 Å². The van der Waals surface area contributed by atoms with E-state index in [4.69, 9.17) is 18.6 Å². The number of rotatable bonds is 5. The third kappa shape index (κ3) is 3.35. The van der Waals surface area contributed by atoms with Gasteiger partial charge in [-0.05, 0) is 34.7 Å². The van der Waals surface area contributed by atoms with Crippen LogP contribution in [0.25, 0.3) is 0 Å². The van der Waals surface area contributed by atoms with Gasteiger partial charge in [-0.15, -0.1) is 0 Å². The van der Waals surface area contributed by atoms with Crippen LogP contribution in [0.5, 0.6) is 11.5 Å². The highest BCUT2D eigenvalue weighted by Gasteiger charge is 2.79. The van der Waals surface area contributed by atoms with Gasteiger partial charge in [-0.1, -0.05) is 47.6 Å². The lowest BCUT2D eigenvalue weighted by Crippen LogP contribution is -3.00. The van der Waals surface area contributed by atoms with Crippen LogP contribution in [0.2, 0.25) is 16.6 Å². The van der Waals surface area contributed by atoms with Crippen LogP contribution in [-0.2, 0) is 21.3 Å². The lowest BCUT2D eigenvalue weighted by atomic mass is 9.47. The van der Waals surface area contributed by atoms with E-state index in [2.05, 4.69) is 67.8 Å². The first-order valence-electron chi connectivity index (χ1n) is 14.2. The summed E-state index contributed by atoms with van der Waals surface area (Å²) in [4.78, 5) is 0. The summed E-state index contributed by atoms with van der Waals surface area (Å²) < 4.78 is 27.9. The van der Waals surface area contributed by atoms with Crippen molar-refractivity contribution in [1.29, 1.82) is 0 Å². The van der Waals surface area contributed by atoms with Gasteiger partial charge in [-0.25, -0.2) is 0 Å². The number of halogens is 1. The monoisotopic (exact) mass is 643 g/mol. The fourth-order valence-corrected chi connectivity index (χ4v) is 14.8. The molecule has 6 nitrogen and oxygen atoms in total. The maximum Gasteiger partial charge on any atom is 0.258 e. The summed E-state index contributed by atoms with van der Waals surface area (Å²) in [6.07, 6.45) is 2.69. The number of likely N-dealkylation sites (N-methyl/N-ethyl adjacent to an activating group) is 1. The van der Waals surface area contributed by atoms with Gasteiger partial charge in [-0.2, -0.15) is 0 Å². The number of likely N-dealkylation sites (tertiary alicyclic amines) is 1. The van der Waals surface area contributed by atoms with Gasteiger partial charge in [0.05, 0.1) is 39.3 Å². The second-order valence-corrected chi connectivity index (χ2v) is 19.1. The van der Waals surface area contributed by atoms with Crippen molar-refractivity contribution in [3.05, 3.63) is 23.3 Å². The Morgan fingerprint density at radius 2 is 1.59 bits per heavy atom. The summed E-state index contributed by atoms with van der Waals surface area (Å²) in [6, 6.07) is 4.56. The number of ether oxygens (including phenoxy) is 3. The number of piperidine rings is 1. The molecule has 2 bridgehead atoms. The normalized spacial score (nSPS) is 34.5. The number of nitrogens with zero attached hydrogens (tertiary/aromatic N) is 1. The Balaban J connectivity index is 0.00000280. The Hall–Kier alpha value is -0.393. The Morgan fingerprint density at radius 1 is 0.973 bits per heavy atom. The maximum absolute atomic E-state index is 12.7. The van der Waals surface area contributed by atoms with Crippen LogP contribution in [0.3, 0.4) is 0 Å². The Labute approximate surface area is 241 Å². The highest BCUT2D eigenvalue weighted by Crippen LogP contribution is 2.69. The second-order valence-electron chi connectivity index (χ2n) is 13.7. The van der Waals surface area contributed by atoms with E-state index in [1.807, 2.05) is 0 Å². The summed E-state index contributed by atoms with van der Waals surface area (Å²) in [6.45, 7) is 16.1. The summed E-state index contributed by atoms with van der Waals surface area (Å²) in [5.41, 5.74) is 2.49. The molecule has 2 saturated heterocycles. The summed E-state index contributed by atoms with van der Waals surface area (Å²) in [5, 5.41) is 12.7. The highest BCUT2D eigenvalue weighted by molar-refractivity contribution is 6.78. The number of benzene rings is 1. The van der Waals surface area contributed by atoms with E-state index in [9.17, 15) is 5.11 Å². The van der Waals surface area contributed by atoms with Gasteiger partial charge < -0.3 is 52.2 Å². The van der Waals surface area contributed by atoms with E-state index < -0.39 is 25.1 Å². The van der Waals surface area contributed by atoms with Crippen LogP contribution in [0.15, 0.2) is 12.1 Å². The molecule has 0 radical (unpaired) electrons. The van der Waals surface area contributed by atoms with Crippen LogP contribution in [0.1, 0.15) is 71.9 Å². The average molecular weight is 644 g/mol. The van der Waals surface area contributed by atoms with E-state index in [1.54, 1.807) is 0 Å². The molecule has 3 unspecified atom stereocenters. The van der Waals surface area contributed by atoms with E-state index in [-0.39, 0.29) is 36.1 Å². The first-order chi connectivity index (χ1) is 16.9. The highest BCUT2D eigenvalue weighted by atomic mass is 127. The molecule has 3 aliphatic heterocycles. The van der Waals surface area contributed by atoms with E-state index in [1.165, 1.54) is 11.1 Å². The molecule has 8 heteroatoms. The van der Waals surface area contributed by atoms with E-state index in [0.29, 0.717) is 42.7 Å². The molecule has 1 aromatic rings. The van der Waals surface area contributed by atoms with Crippen LogP contribution < -0.4 is 33.1 Å². The zero-order chi connectivity index (χ0) is 25.9. The van der Waals surface area contributed by atoms with E-state index >= 15 is 0 Å². The fraction of sp³-hybridized carbons (Fsp3) is 0.793. The van der Waals surface area contributed by atoms with E-state index in [0.717, 1.165) is 35.4 Å². The van der Waals surface area contributed by atoms with Gasteiger partial charge >= 0.3 is 0 Å². The number of quaternary nitrogens is 1. The van der Waals surface area contributed by atoms with Crippen molar-refractivity contribution < 1.29 is 52.2 Å². The molecule has 3 fully saturated rings. The molecule has 0 amide bonds. The minimum atomic E-state index is -2.20. The number of hydrogen-bond donors (Lipinski definition) is 1. The molecular weight excluding hydrogens is 597 g/mol. The SMILES string of the molecule is CC(C)[Si](Oc1ccc2c3c1OC1C4(CC[C@@]5(O)C(C2)[N+](C)(C)CCC315)OCCO4)(C(C)C)C(C)C.[I-]. The first-order valence-corrected chi connectivity index (χ1v) is 16.3. The lowest BCUT2D eigenvalue weighted by molar-refractivity contribution is -0.932. The predicted octanol–water partition coefficient (Wildman–Crippen LogP) is 1.92. The minimum absolute atomic E-state index is 0. The molecule has 1 aromatic carbocycles. The molecule has 1 N–H and O–H groups in total. The quantitative estimate of drug-likeness (QED) is 0.302. The summed E-state index contributed by atoms with van der Waals surface area (Å²) in [5.74, 6) is 0.938. The van der Waals surface area contributed by atoms with Crippen LogP contribution >= 0.6 is 0 Å². The zero-order valence-electron chi connectivity index (χ0n) is 23.9. The predicted molar refractivity (Wildman–Crippen MR) is 142 cm³/mol. The topological polar surface area (TPSA) is 57.2 Å². The fourth-order valence-electron chi connectivity index (χ4n) is 9.51. The Bertz CT molecular complexity index is 1050. The number of hydrogen-bond acceptors (Lipinski definition) is 5. The largest absolute Gasteiger partial charge is 1.00 e. The molecule has 0 aromatic heterocycles. The zero-order valence-corrected chi connectivity index (χ0v) is 27.1. The van der Waals surface area contributed by atoms with Gasteiger partial charge in [0.15, 0.2) is 11.9 Å².